The molecule has 3 heteroatoms. The summed E-state index contributed by atoms with van der Waals surface area (Å²) in [6.45, 7) is 8.80. The second-order valence-corrected chi connectivity index (χ2v) is 5.83. The van der Waals surface area contributed by atoms with Gasteiger partial charge in [-0.25, -0.2) is 4.98 Å². The van der Waals surface area contributed by atoms with Crippen LogP contribution in [-0.4, -0.2) is 4.98 Å². The molecule has 0 aliphatic carbocycles. The molecule has 0 spiro atoms. The molecule has 1 aromatic heterocycles. The van der Waals surface area contributed by atoms with E-state index < -0.39 is 0 Å². The van der Waals surface area contributed by atoms with Crippen molar-refractivity contribution in [2.75, 3.05) is 0 Å². The zero-order valence-electron chi connectivity index (χ0n) is 7.89. The van der Waals surface area contributed by atoms with E-state index in [1.165, 1.54) is 10.6 Å². The van der Waals surface area contributed by atoms with Crippen molar-refractivity contribution in [2.45, 2.75) is 39.5 Å². The first-order chi connectivity index (χ1) is 5.52. The summed E-state index contributed by atoms with van der Waals surface area (Å²) in [5.74, 6) is 1.12. The van der Waals surface area contributed by atoms with Crippen LogP contribution in [0.5, 0.6) is 0 Å². The van der Waals surface area contributed by atoms with E-state index in [0.29, 0.717) is 11.8 Å². The Labute approximate surface area is 86.3 Å². The summed E-state index contributed by atoms with van der Waals surface area (Å²) in [6.07, 6.45) is 0. The molecule has 0 aliphatic rings. The van der Waals surface area contributed by atoms with E-state index in [2.05, 4.69) is 48.6 Å². The fourth-order valence-electron chi connectivity index (χ4n) is 1.14. The van der Waals surface area contributed by atoms with Gasteiger partial charge in [0.2, 0.25) is 0 Å². The average molecular weight is 248 g/mol. The highest BCUT2D eigenvalue weighted by Gasteiger charge is 2.15. The minimum absolute atomic E-state index is 0.532. The lowest BCUT2D eigenvalue weighted by Gasteiger charge is -2.06. The van der Waals surface area contributed by atoms with Gasteiger partial charge in [0.05, 0.1) is 5.69 Å². The number of hydrogen-bond donors (Lipinski definition) is 0. The van der Waals surface area contributed by atoms with Crippen molar-refractivity contribution >= 4 is 27.3 Å². The Morgan fingerprint density at radius 3 is 2.08 bits per heavy atom. The molecule has 1 rings (SSSR count). The van der Waals surface area contributed by atoms with E-state index in [1.54, 1.807) is 11.3 Å². The van der Waals surface area contributed by atoms with Crippen molar-refractivity contribution in [3.63, 3.8) is 0 Å². The predicted octanol–water partition coefficient (Wildman–Crippen LogP) is 4.15. The third-order valence-corrected chi connectivity index (χ3v) is 3.55. The Morgan fingerprint density at radius 1 is 1.17 bits per heavy atom. The van der Waals surface area contributed by atoms with Crippen LogP contribution in [0.15, 0.2) is 3.92 Å². The molecule has 0 N–H and O–H groups in total. The smallest absolute Gasteiger partial charge is 0.159 e. The lowest BCUT2D eigenvalue weighted by atomic mass is 10.0. The second-order valence-electron chi connectivity index (χ2n) is 3.53. The third-order valence-electron chi connectivity index (χ3n) is 1.73. The summed E-state index contributed by atoms with van der Waals surface area (Å²) in [7, 11) is 0. The first kappa shape index (κ1) is 10.2. The standard InChI is InChI=1S/C9H14BrNS/c1-5(2)7-8(6(3)4)12-9(10)11-7/h5-6H,1-4H3. The molecule has 0 atom stereocenters. The molecule has 0 unspecified atom stereocenters. The lowest BCUT2D eigenvalue weighted by molar-refractivity contribution is 0.779. The van der Waals surface area contributed by atoms with E-state index in [9.17, 15) is 0 Å². The van der Waals surface area contributed by atoms with Crippen molar-refractivity contribution < 1.29 is 0 Å². The van der Waals surface area contributed by atoms with Crippen LogP contribution < -0.4 is 0 Å². The van der Waals surface area contributed by atoms with Crippen LogP contribution in [0.1, 0.15) is 50.1 Å². The van der Waals surface area contributed by atoms with E-state index in [4.69, 9.17) is 0 Å². The summed E-state index contributed by atoms with van der Waals surface area (Å²) >= 11 is 5.18. The number of halogens is 1. The normalized spacial score (nSPS) is 11.6. The monoisotopic (exact) mass is 247 g/mol. The van der Waals surface area contributed by atoms with Crippen LogP contribution >= 0.6 is 27.3 Å². The minimum atomic E-state index is 0.532. The van der Waals surface area contributed by atoms with Gasteiger partial charge in [0.1, 0.15) is 0 Å². The number of hydrogen-bond acceptors (Lipinski definition) is 2. The summed E-state index contributed by atoms with van der Waals surface area (Å²) in [6, 6.07) is 0. The lowest BCUT2D eigenvalue weighted by Crippen LogP contribution is -1.94. The zero-order valence-corrected chi connectivity index (χ0v) is 10.3. The van der Waals surface area contributed by atoms with Crippen LogP contribution in [0.3, 0.4) is 0 Å². The quantitative estimate of drug-likeness (QED) is 0.766. The summed E-state index contributed by atoms with van der Waals surface area (Å²) in [5.41, 5.74) is 1.25. The van der Waals surface area contributed by atoms with Gasteiger partial charge in [0, 0.05) is 4.88 Å². The molecule has 0 radical (unpaired) electrons. The number of rotatable bonds is 2. The Bertz CT molecular complexity index is 240. The van der Waals surface area contributed by atoms with Gasteiger partial charge in [-0.3, -0.25) is 0 Å². The fraction of sp³-hybridized carbons (Fsp3) is 0.667. The molecule has 0 bridgehead atoms. The molecule has 1 nitrogen and oxygen atoms in total. The zero-order chi connectivity index (χ0) is 9.30. The molecule has 0 aliphatic heterocycles. The maximum Gasteiger partial charge on any atom is 0.159 e. The molecule has 0 saturated heterocycles. The molecule has 1 aromatic rings. The van der Waals surface area contributed by atoms with Crippen LogP contribution in [0, 0.1) is 0 Å². The van der Waals surface area contributed by atoms with Crippen LogP contribution in [-0.2, 0) is 0 Å². The van der Waals surface area contributed by atoms with Gasteiger partial charge in [-0.15, -0.1) is 11.3 Å². The van der Waals surface area contributed by atoms with E-state index in [1.807, 2.05) is 0 Å². The summed E-state index contributed by atoms with van der Waals surface area (Å²) in [4.78, 5) is 5.88. The van der Waals surface area contributed by atoms with Crippen LogP contribution in [0.2, 0.25) is 0 Å². The van der Waals surface area contributed by atoms with E-state index in [-0.39, 0.29) is 0 Å². The number of aromatic nitrogens is 1. The van der Waals surface area contributed by atoms with Crippen molar-refractivity contribution in [1.29, 1.82) is 0 Å². The largest absolute Gasteiger partial charge is 0.234 e. The molecule has 12 heavy (non-hydrogen) atoms. The molecule has 0 amide bonds. The molecule has 0 saturated carbocycles. The summed E-state index contributed by atoms with van der Waals surface area (Å²) in [5, 5.41) is 0. The van der Waals surface area contributed by atoms with Crippen molar-refractivity contribution in [3.05, 3.63) is 14.5 Å². The third kappa shape index (κ3) is 2.07. The van der Waals surface area contributed by atoms with Crippen molar-refractivity contribution in [1.82, 2.24) is 4.98 Å². The number of thiazole rings is 1. The first-order valence-electron chi connectivity index (χ1n) is 4.18. The van der Waals surface area contributed by atoms with Gasteiger partial charge in [0.25, 0.3) is 0 Å². The Morgan fingerprint density at radius 2 is 1.75 bits per heavy atom. The molecule has 0 aromatic carbocycles. The molecule has 1 heterocycles. The SMILES string of the molecule is CC(C)c1nc(Br)sc1C(C)C. The van der Waals surface area contributed by atoms with Gasteiger partial charge in [-0.05, 0) is 27.8 Å². The first-order valence-corrected chi connectivity index (χ1v) is 5.79. The highest BCUT2D eigenvalue weighted by atomic mass is 79.9. The number of nitrogens with zero attached hydrogens (tertiary/aromatic N) is 1. The Hall–Kier alpha value is 0.110. The minimum Gasteiger partial charge on any atom is -0.234 e. The summed E-state index contributed by atoms with van der Waals surface area (Å²) < 4.78 is 1.01. The maximum absolute atomic E-state index is 4.47. The van der Waals surface area contributed by atoms with Gasteiger partial charge in [0.15, 0.2) is 3.92 Å². The highest BCUT2D eigenvalue weighted by Crippen LogP contribution is 2.33. The van der Waals surface area contributed by atoms with Gasteiger partial charge >= 0.3 is 0 Å². The highest BCUT2D eigenvalue weighted by molar-refractivity contribution is 9.11. The molecule has 0 fully saturated rings. The predicted molar refractivity (Wildman–Crippen MR) is 58.0 cm³/mol. The Balaban J connectivity index is 3.08. The van der Waals surface area contributed by atoms with Crippen LogP contribution in [0.25, 0.3) is 0 Å². The van der Waals surface area contributed by atoms with Crippen molar-refractivity contribution in [2.24, 2.45) is 0 Å². The maximum atomic E-state index is 4.47. The fourth-order valence-corrected chi connectivity index (χ4v) is 2.80. The van der Waals surface area contributed by atoms with Gasteiger partial charge < -0.3 is 0 Å². The topological polar surface area (TPSA) is 12.9 Å². The van der Waals surface area contributed by atoms with Gasteiger partial charge in [-0.1, -0.05) is 27.7 Å². The Kier molecular flexibility index (Phi) is 3.29. The van der Waals surface area contributed by atoms with E-state index >= 15 is 0 Å². The van der Waals surface area contributed by atoms with E-state index in [0.717, 1.165) is 3.92 Å². The van der Waals surface area contributed by atoms with Gasteiger partial charge in [-0.2, -0.15) is 0 Å². The molecular formula is C9H14BrNS. The average Bonchev–Trinajstić information content (AvgIpc) is 2.31. The molecule has 68 valence electrons. The second kappa shape index (κ2) is 3.88. The van der Waals surface area contributed by atoms with Crippen molar-refractivity contribution in [3.8, 4) is 0 Å². The van der Waals surface area contributed by atoms with Crippen LogP contribution in [0.4, 0.5) is 0 Å². The molecular weight excluding hydrogens is 234 g/mol.